The molecule has 0 radical (unpaired) electrons. The second-order valence-electron chi connectivity index (χ2n) is 5.57. The minimum atomic E-state index is -0.917. The lowest BCUT2D eigenvalue weighted by molar-refractivity contribution is -0.121. The normalized spacial score (nSPS) is 15.0. The highest BCUT2D eigenvalue weighted by molar-refractivity contribution is 8.00. The highest BCUT2D eigenvalue weighted by atomic mass is 32.2. The smallest absolute Gasteiger partial charge is 0.284 e. The first-order valence-corrected chi connectivity index (χ1v) is 8.01. The van der Waals surface area contributed by atoms with Gasteiger partial charge in [0.25, 0.3) is 11.1 Å². The van der Waals surface area contributed by atoms with E-state index in [9.17, 15) is 10.1 Å². The van der Waals surface area contributed by atoms with Gasteiger partial charge in [0, 0.05) is 0 Å². The summed E-state index contributed by atoms with van der Waals surface area (Å²) in [6, 6.07) is 5.57. The van der Waals surface area contributed by atoms with Crippen LogP contribution in [0.1, 0.15) is 27.7 Å². The van der Waals surface area contributed by atoms with E-state index in [0.717, 1.165) is 11.8 Å². The Morgan fingerprint density at radius 1 is 1.43 bits per heavy atom. The molecular weight excluding hydrogens is 316 g/mol. The monoisotopic (exact) mass is 334 g/mol. The van der Waals surface area contributed by atoms with Gasteiger partial charge in [0.2, 0.25) is 5.91 Å². The Balaban J connectivity index is 2.00. The number of aromatic nitrogens is 2. The van der Waals surface area contributed by atoms with Gasteiger partial charge in [-0.15, -0.1) is 10.2 Å². The molecule has 122 valence electrons. The fraction of sp³-hybridized carbons (Fsp3) is 0.467. The fourth-order valence-electron chi connectivity index (χ4n) is 1.62. The molecule has 2 rings (SSSR count). The summed E-state index contributed by atoms with van der Waals surface area (Å²) in [5.74, 6) is 0.459. The van der Waals surface area contributed by atoms with Crippen molar-refractivity contribution in [3.8, 4) is 17.7 Å². The predicted octanol–water partition coefficient (Wildman–Crippen LogP) is 2.86. The van der Waals surface area contributed by atoms with E-state index < -0.39 is 10.8 Å². The van der Waals surface area contributed by atoms with Gasteiger partial charge in [-0.05, 0) is 31.9 Å². The molecule has 0 aliphatic heterocycles. The molecular formula is C15H18N4O3S. The van der Waals surface area contributed by atoms with Crippen molar-refractivity contribution in [1.82, 2.24) is 15.5 Å². The highest BCUT2D eigenvalue weighted by Crippen LogP contribution is 2.27. The van der Waals surface area contributed by atoms with Crippen LogP contribution in [-0.4, -0.2) is 26.9 Å². The predicted molar refractivity (Wildman–Crippen MR) is 84.3 cm³/mol. The highest BCUT2D eigenvalue weighted by Gasteiger charge is 2.32. The molecule has 0 spiro atoms. The standard InChI is InChI=1S/C15H18N4O3S/c1-9(2)15(4,8-16)17-12(20)10(3)23-14-19-18-13(22-14)11-6-5-7-21-11/h5-7,9-10H,1-4H3,(H,17,20)/t10-,15+/m1/s1. The third-order valence-corrected chi connectivity index (χ3v) is 4.49. The van der Waals surface area contributed by atoms with E-state index in [0.29, 0.717) is 5.76 Å². The van der Waals surface area contributed by atoms with Gasteiger partial charge >= 0.3 is 0 Å². The average molecular weight is 334 g/mol. The van der Waals surface area contributed by atoms with Crippen LogP contribution < -0.4 is 5.32 Å². The lowest BCUT2D eigenvalue weighted by Gasteiger charge is -2.28. The fourth-order valence-corrected chi connectivity index (χ4v) is 2.30. The number of nitrogens with one attached hydrogen (secondary N) is 1. The van der Waals surface area contributed by atoms with Crippen LogP contribution >= 0.6 is 11.8 Å². The zero-order chi connectivity index (χ0) is 17.0. The first kappa shape index (κ1) is 17.1. The van der Waals surface area contributed by atoms with Crippen molar-refractivity contribution in [2.75, 3.05) is 0 Å². The number of thioether (sulfide) groups is 1. The molecule has 0 fully saturated rings. The van der Waals surface area contributed by atoms with E-state index in [2.05, 4.69) is 21.6 Å². The molecule has 0 bridgehead atoms. The van der Waals surface area contributed by atoms with Crippen LogP contribution in [0, 0.1) is 17.2 Å². The SMILES string of the molecule is CC(C)[C@](C)(C#N)NC(=O)[C@@H](C)Sc1nnc(-c2ccco2)o1. The van der Waals surface area contributed by atoms with Crippen LogP contribution in [0.3, 0.4) is 0 Å². The Hall–Kier alpha value is -2.27. The van der Waals surface area contributed by atoms with Crippen LogP contribution in [0.15, 0.2) is 32.5 Å². The van der Waals surface area contributed by atoms with Crippen molar-refractivity contribution in [1.29, 1.82) is 5.26 Å². The molecule has 0 unspecified atom stereocenters. The van der Waals surface area contributed by atoms with Crippen molar-refractivity contribution in [2.24, 2.45) is 5.92 Å². The van der Waals surface area contributed by atoms with Gasteiger partial charge in [0.1, 0.15) is 5.54 Å². The molecule has 7 nitrogen and oxygen atoms in total. The lowest BCUT2D eigenvalue weighted by atomic mass is 9.90. The molecule has 2 aromatic rings. The second kappa shape index (κ2) is 6.87. The molecule has 1 amide bonds. The first-order valence-electron chi connectivity index (χ1n) is 7.13. The summed E-state index contributed by atoms with van der Waals surface area (Å²) in [5, 5.41) is 19.6. The van der Waals surface area contributed by atoms with Crippen LogP contribution in [0.2, 0.25) is 0 Å². The summed E-state index contributed by atoms with van der Waals surface area (Å²) in [6.07, 6.45) is 1.51. The number of carbonyl (C=O) groups excluding carboxylic acids is 1. The number of hydrogen-bond acceptors (Lipinski definition) is 7. The van der Waals surface area contributed by atoms with Gasteiger partial charge in [0.05, 0.1) is 17.6 Å². The van der Waals surface area contributed by atoms with E-state index >= 15 is 0 Å². The number of amides is 1. The number of hydrogen-bond donors (Lipinski definition) is 1. The lowest BCUT2D eigenvalue weighted by Crippen LogP contribution is -2.51. The van der Waals surface area contributed by atoms with Gasteiger partial charge < -0.3 is 14.2 Å². The van der Waals surface area contributed by atoms with E-state index in [-0.39, 0.29) is 22.9 Å². The molecule has 2 atom stereocenters. The molecule has 0 saturated carbocycles. The maximum absolute atomic E-state index is 12.3. The molecule has 0 aromatic carbocycles. The van der Waals surface area contributed by atoms with Crippen molar-refractivity contribution in [3.05, 3.63) is 18.4 Å². The minimum absolute atomic E-state index is 0.0115. The number of nitrogens with zero attached hydrogens (tertiary/aromatic N) is 3. The van der Waals surface area contributed by atoms with E-state index in [1.165, 1.54) is 6.26 Å². The topological polar surface area (TPSA) is 105 Å². The molecule has 1 N–H and O–H groups in total. The minimum Gasteiger partial charge on any atom is -0.459 e. The average Bonchev–Trinajstić information content (AvgIpc) is 3.17. The Morgan fingerprint density at radius 2 is 2.17 bits per heavy atom. The van der Waals surface area contributed by atoms with Crippen LogP contribution in [-0.2, 0) is 4.79 Å². The summed E-state index contributed by atoms with van der Waals surface area (Å²) in [4.78, 5) is 12.3. The number of furan rings is 1. The number of rotatable bonds is 6. The van der Waals surface area contributed by atoms with Gasteiger partial charge in [-0.3, -0.25) is 4.79 Å². The maximum atomic E-state index is 12.3. The second-order valence-corrected chi connectivity index (χ2v) is 6.86. The third-order valence-electron chi connectivity index (χ3n) is 3.56. The molecule has 2 heterocycles. The quantitative estimate of drug-likeness (QED) is 0.810. The maximum Gasteiger partial charge on any atom is 0.284 e. The Kier molecular flexibility index (Phi) is 5.11. The number of carbonyl (C=O) groups is 1. The van der Waals surface area contributed by atoms with Gasteiger partial charge in [-0.1, -0.05) is 25.6 Å². The molecule has 8 heteroatoms. The van der Waals surface area contributed by atoms with Crippen LogP contribution in [0.5, 0.6) is 0 Å². The summed E-state index contributed by atoms with van der Waals surface area (Å²) in [7, 11) is 0. The van der Waals surface area contributed by atoms with Gasteiger partial charge in [-0.2, -0.15) is 5.26 Å². The Labute approximate surface area is 138 Å². The zero-order valence-electron chi connectivity index (χ0n) is 13.4. The third kappa shape index (κ3) is 3.93. The molecule has 2 aromatic heterocycles. The van der Waals surface area contributed by atoms with E-state index in [4.69, 9.17) is 8.83 Å². The largest absolute Gasteiger partial charge is 0.459 e. The zero-order valence-corrected chi connectivity index (χ0v) is 14.2. The van der Waals surface area contributed by atoms with Gasteiger partial charge in [0.15, 0.2) is 5.76 Å². The Morgan fingerprint density at radius 3 is 2.74 bits per heavy atom. The molecule has 0 aliphatic carbocycles. The van der Waals surface area contributed by atoms with Crippen LogP contribution in [0.4, 0.5) is 0 Å². The summed E-state index contributed by atoms with van der Waals surface area (Å²) < 4.78 is 10.6. The van der Waals surface area contributed by atoms with E-state index in [1.54, 1.807) is 26.0 Å². The van der Waals surface area contributed by atoms with Gasteiger partial charge in [-0.25, -0.2) is 0 Å². The van der Waals surface area contributed by atoms with Crippen molar-refractivity contribution < 1.29 is 13.6 Å². The summed E-state index contributed by atoms with van der Waals surface area (Å²) in [5.41, 5.74) is -0.917. The Bertz CT molecular complexity index is 705. The molecule has 0 aliphatic rings. The summed E-state index contributed by atoms with van der Waals surface area (Å²) in [6.45, 7) is 7.19. The number of nitriles is 1. The van der Waals surface area contributed by atoms with Crippen molar-refractivity contribution >= 4 is 17.7 Å². The van der Waals surface area contributed by atoms with E-state index in [1.807, 2.05) is 13.8 Å². The molecule has 0 saturated heterocycles. The van der Waals surface area contributed by atoms with Crippen molar-refractivity contribution in [3.63, 3.8) is 0 Å². The first-order chi connectivity index (χ1) is 10.9. The summed E-state index contributed by atoms with van der Waals surface area (Å²) >= 11 is 1.13. The molecule has 23 heavy (non-hydrogen) atoms. The van der Waals surface area contributed by atoms with Crippen LogP contribution in [0.25, 0.3) is 11.7 Å². The van der Waals surface area contributed by atoms with Crippen molar-refractivity contribution in [2.45, 2.75) is 43.7 Å².